The summed E-state index contributed by atoms with van der Waals surface area (Å²) in [6.07, 6.45) is 4.73. The van der Waals surface area contributed by atoms with Gasteiger partial charge < -0.3 is 10.1 Å². The van der Waals surface area contributed by atoms with Crippen molar-refractivity contribution in [1.82, 2.24) is 0 Å². The molecule has 0 aromatic heterocycles. The third-order valence-corrected chi connectivity index (χ3v) is 3.69. The zero-order valence-electron chi connectivity index (χ0n) is 14.7. The van der Waals surface area contributed by atoms with Crippen molar-refractivity contribution in [2.45, 2.75) is 26.2 Å². The molecule has 134 valence electrons. The van der Waals surface area contributed by atoms with Crippen molar-refractivity contribution < 1.29 is 13.9 Å². The van der Waals surface area contributed by atoms with E-state index in [0.717, 1.165) is 25.0 Å². The van der Waals surface area contributed by atoms with Gasteiger partial charge in [-0.2, -0.15) is 5.26 Å². The second kappa shape index (κ2) is 10.00. The summed E-state index contributed by atoms with van der Waals surface area (Å²) in [5.41, 5.74) is 0.616. The molecule has 0 saturated carbocycles. The quantitative estimate of drug-likeness (QED) is 0.416. The van der Waals surface area contributed by atoms with Crippen LogP contribution in [0.1, 0.15) is 31.7 Å². The van der Waals surface area contributed by atoms with E-state index in [0.29, 0.717) is 12.2 Å². The van der Waals surface area contributed by atoms with Gasteiger partial charge in [-0.25, -0.2) is 4.39 Å². The van der Waals surface area contributed by atoms with Gasteiger partial charge in [0.2, 0.25) is 0 Å². The SMILES string of the molecule is CCCCCOc1ccc(C=C(C#N)C(=O)Nc2ccccc2F)cc1. The van der Waals surface area contributed by atoms with Crippen LogP contribution in [0.5, 0.6) is 5.75 Å². The molecule has 4 nitrogen and oxygen atoms in total. The highest BCUT2D eigenvalue weighted by atomic mass is 19.1. The Kier molecular flexibility index (Phi) is 7.38. The zero-order chi connectivity index (χ0) is 18.8. The lowest BCUT2D eigenvalue weighted by atomic mass is 10.1. The van der Waals surface area contributed by atoms with E-state index < -0.39 is 11.7 Å². The Bertz CT molecular complexity index is 808. The maximum Gasteiger partial charge on any atom is 0.266 e. The Morgan fingerprint density at radius 2 is 1.92 bits per heavy atom. The molecule has 5 heteroatoms. The van der Waals surface area contributed by atoms with Crippen LogP contribution in [-0.4, -0.2) is 12.5 Å². The summed E-state index contributed by atoms with van der Waals surface area (Å²) in [4.78, 5) is 12.2. The minimum absolute atomic E-state index is 0.0366. The molecule has 0 bridgehead atoms. The molecular formula is C21H21FN2O2. The molecule has 0 aliphatic rings. The number of para-hydroxylation sites is 1. The van der Waals surface area contributed by atoms with Crippen molar-refractivity contribution in [2.24, 2.45) is 0 Å². The lowest BCUT2D eigenvalue weighted by Gasteiger charge is -2.07. The maximum absolute atomic E-state index is 13.6. The lowest BCUT2D eigenvalue weighted by Crippen LogP contribution is -2.14. The number of rotatable bonds is 8. The van der Waals surface area contributed by atoms with Crippen LogP contribution in [0.3, 0.4) is 0 Å². The van der Waals surface area contributed by atoms with E-state index in [9.17, 15) is 14.4 Å². The van der Waals surface area contributed by atoms with Crippen molar-refractivity contribution in [1.29, 1.82) is 5.26 Å². The fraction of sp³-hybridized carbons (Fsp3) is 0.238. The minimum atomic E-state index is -0.655. The first-order chi connectivity index (χ1) is 12.6. The predicted octanol–water partition coefficient (Wildman–Crippen LogP) is 4.94. The second-order valence-corrected chi connectivity index (χ2v) is 5.73. The van der Waals surface area contributed by atoms with Crippen LogP contribution in [0, 0.1) is 17.1 Å². The number of nitrogens with zero attached hydrogens (tertiary/aromatic N) is 1. The molecule has 0 fully saturated rings. The van der Waals surface area contributed by atoms with Crippen LogP contribution in [0.25, 0.3) is 6.08 Å². The molecule has 0 spiro atoms. The average Bonchev–Trinajstić information content (AvgIpc) is 2.66. The van der Waals surface area contributed by atoms with Crippen molar-refractivity contribution in [3.05, 3.63) is 65.5 Å². The molecule has 0 aliphatic carbocycles. The summed E-state index contributed by atoms with van der Waals surface area (Å²) in [5.74, 6) is -0.465. The molecule has 0 unspecified atom stereocenters. The fourth-order valence-electron chi connectivity index (χ4n) is 2.27. The topological polar surface area (TPSA) is 62.1 Å². The number of carbonyl (C=O) groups is 1. The molecule has 1 amide bonds. The van der Waals surface area contributed by atoms with Gasteiger partial charge >= 0.3 is 0 Å². The molecule has 0 saturated heterocycles. The summed E-state index contributed by atoms with van der Waals surface area (Å²) in [7, 11) is 0. The molecule has 0 heterocycles. The van der Waals surface area contributed by atoms with Gasteiger partial charge in [-0.15, -0.1) is 0 Å². The predicted molar refractivity (Wildman–Crippen MR) is 100 cm³/mol. The number of benzene rings is 2. The first kappa shape index (κ1) is 19.2. The molecule has 0 aliphatic heterocycles. The van der Waals surface area contributed by atoms with Gasteiger partial charge in [0, 0.05) is 0 Å². The highest BCUT2D eigenvalue weighted by molar-refractivity contribution is 6.09. The van der Waals surface area contributed by atoms with Crippen LogP contribution >= 0.6 is 0 Å². The van der Waals surface area contributed by atoms with Crippen molar-refractivity contribution in [2.75, 3.05) is 11.9 Å². The Labute approximate surface area is 152 Å². The first-order valence-corrected chi connectivity index (χ1v) is 8.54. The van der Waals surface area contributed by atoms with Gasteiger partial charge in [0.25, 0.3) is 5.91 Å². The van der Waals surface area contributed by atoms with E-state index in [1.807, 2.05) is 6.07 Å². The summed E-state index contributed by atoms with van der Waals surface area (Å²) in [6, 6.07) is 14.8. The van der Waals surface area contributed by atoms with E-state index in [-0.39, 0.29) is 11.3 Å². The summed E-state index contributed by atoms with van der Waals surface area (Å²) >= 11 is 0. The third-order valence-electron chi connectivity index (χ3n) is 3.69. The molecule has 1 N–H and O–H groups in total. The molecule has 2 rings (SSSR count). The molecule has 0 atom stereocenters. The molecular weight excluding hydrogens is 331 g/mol. The number of halogens is 1. The van der Waals surface area contributed by atoms with Gasteiger partial charge in [-0.3, -0.25) is 4.79 Å². The van der Waals surface area contributed by atoms with E-state index >= 15 is 0 Å². The Morgan fingerprint density at radius 3 is 2.58 bits per heavy atom. The zero-order valence-corrected chi connectivity index (χ0v) is 14.7. The molecule has 0 radical (unpaired) electrons. The Balaban J connectivity index is 2.02. The summed E-state index contributed by atoms with van der Waals surface area (Å²) in [5, 5.41) is 11.6. The summed E-state index contributed by atoms with van der Waals surface area (Å²) < 4.78 is 19.2. The number of hydrogen-bond donors (Lipinski definition) is 1. The number of nitriles is 1. The summed E-state index contributed by atoms with van der Waals surface area (Å²) in [6.45, 7) is 2.80. The van der Waals surface area contributed by atoms with E-state index in [4.69, 9.17) is 4.74 Å². The van der Waals surface area contributed by atoms with Gasteiger partial charge in [0.05, 0.1) is 12.3 Å². The number of anilines is 1. The van der Waals surface area contributed by atoms with Crippen LogP contribution in [0.15, 0.2) is 54.1 Å². The largest absolute Gasteiger partial charge is 0.494 e. The number of unbranched alkanes of at least 4 members (excludes halogenated alkanes) is 2. The Morgan fingerprint density at radius 1 is 1.19 bits per heavy atom. The van der Waals surface area contributed by atoms with Gasteiger partial charge in [0.1, 0.15) is 23.2 Å². The van der Waals surface area contributed by atoms with Crippen molar-refractivity contribution in [3.8, 4) is 11.8 Å². The normalized spacial score (nSPS) is 10.9. The number of carbonyl (C=O) groups excluding carboxylic acids is 1. The second-order valence-electron chi connectivity index (χ2n) is 5.73. The third kappa shape index (κ3) is 5.75. The van der Waals surface area contributed by atoms with Crippen molar-refractivity contribution in [3.63, 3.8) is 0 Å². The fourth-order valence-corrected chi connectivity index (χ4v) is 2.27. The van der Waals surface area contributed by atoms with Crippen LogP contribution in [0.2, 0.25) is 0 Å². The van der Waals surface area contributed by atoms with Crippen LogP contribution in [0.4, 0.5) is 10.1 Å². The van der Waals surface area contributed by atoms with Gasteiger partial charge in [-0.05, 0) is 42.3 Å². The Hall–Kier alpha value is -3.13. The number of ether oxygens (including phenoxy) is 1. The number of hydrogen-bond acceptors (Lipinski definition) is 3. The van der Waals surface area contributed by atoms with Gasteiger partial charge in [-0.1, -0.05) is 44.0 Å². The highest BCUT2D eigenvalue weighted by Gasteiger charge is 2.11. The van der Waals surface area contributed by atoms with E-state index in [1.54, 1.807) is 30.3 Å². The molecule has 2 aromatic rings. The lowest BCUT2D eigenvalue weighted by molar-refractivity contribution is -0.112. The maximum atomic E-state index is 13.6. The van der Waals surface area contributed by atoms with E-state index in [1.165, 1.54) is 24.3 Å². The number of nitrogens with one attached hydrogen (secondary N) is 1. The van der Waals surface area contributed by atoms with Crippen LogP contribution in [-0.2, 0) is 4.79 Å². The number of amides is 1. The molecule has 26 heavy (non-hydrogen) atoms. The van der Waals surface area contributed by atoms with E-state index in [2.05, 4.69) is 12.2 Å². The average molecular weight is 352 g/mol. The minimum Gasteiger partial charge on any atom is -0.494 e. The standard InChI is InChI=1S/C21H21FN2O2/c1-2-3-6-13-26-18-11-9-16(10-12-18)14-17(15-23)21(25)24-20-8-5-4-7-19(20)22/h4-5,7-12,14H,2-3,6,13H2,1H3,(H,24,25). The van der Waals surface area contributed by atoms with Crippen molar-refractivity contribution >= 4 is 17.7 Å². The monoisotopic (exact) mass is 352 g/mol. The van der Waals surface area contributed by atoms with Gasteiger partial charge in [0.15, 0.2) is 0 Å². The highest BCUT2D eigenvalue weighted by Crippen LogP contribution is 2.17. The smallest absolute Gasteiger partial charge is 0.266 e. The first-order valence-electron chi connectivity index (χ1n) is 8.54. The molecule has 2 aromatic carbocycles. The van der Waals surface area contributed by atoms with Crippen LogP contribution < -0.4 is 10.1 Å².